The van der Waals surface area contributed by atoms with E-state index >= 15 is 0 Å². The third-order valence-electron chi connectivity index (χ3n) is 4.67. The van der Waals surface area contributed by atoms with E-state index < -0.39 is 0 Å². The van der Waals surface area contributed by atoms with E-state index in [1.807, 2.05) is 12.3 Å². The molecule has 2 aromatic rings. The van der Waals surface area contributed by atoms with E-state index in [0.717, 1.165) is 38.2 Å². The summed E-state index contributed by atoms with van der Waals surface area (Å²) >= 11 is 0. The first-order valence-corrected chi connectivity index (χ1v) is 8.04. The lowest BCUT2D eigenvalue weighted by molar-refractivity contribution is 0.313. The molecule has 5 nitrogen and oxygen atoms in total. The van der Waals surface area contributed by atoms with Gasteiger partial charge in [-0.3, -0.25) is 4.99 Å². The van der Waals surface area contributed by atoms with Crippen molar-refractivity contribution in [1.29, 1.82) is 0 Å². The monoisotopic (exact) mass is 307 g/mol. The molecule has 0 radical (unpaired) electrons. The van der Waals surface area contributed by atoms with Crippen LogP contribution in [0.5, 0.6) is 0 Å². The van der Waals surface area contributed by atoms with Crippen molar-refractivity contribution in [1.82, 2.24) is 9.88 Å². The number of likely N-dealkylation sites (N-methyl/N-ethyl adjacent to an activating group) is 1. The van der Waals surface area contributed by atoms with Gasteiger partial charge >= 0.3 is 0 Å². The Morgan fingerprint density at radius 3 is 2.65 bits per heavy atom. The first-order chi connectivity index (χ1) is 11.2. The van der Waals surface area contributed by atoms with Crippen molar-refractivity contribution in [3.05, 3.63) is 35.9 Å². The number of aromatic nitrogens is 1. The number of nitrogens with two attached hydrogens (primary N) is 1. The van der Waals surface area contributed by atoms with Gasteiger partial charge in [-0.25, -0.2) is 4.98 Å². The average molecular weight is 307 g/mol. The second kappa shape index (κ2) is 5.66. The van der Waals surface area contributed by atoms with Gasteiger partial charge in [0.25, 0.3) is 0 Å². The van der Waals surface area contributed by atoms with E-state index in [2.05, 4.69) is 51.1 Å². The molecule has 4 rings (SSSR count). The molecule has 1 saturated heterocycles. The molecule has 0 saturated carbocycles. The molecule has 1 aromatic carbocycles. The Morgan fingerprint density at radius 1 is 1.09 bits per heavy atom. The lowest BCUT2D eigenvalue weighted by atomic mass is 10.0. The SMILES string of the molecule is CN1CCN(c2cc(N)nc3cc(C4=CC=NC4)ccc23)CC1. The first kappa shape index (κ1) is 14.2. The molecule has 5 heteroatoms. The Hall–Kier alpha value is -2.40. The van der Waals surface area contributed by atoms with Crippen LogP contribution in [0.4, 0.5) is 11.5 Å². The molecule has 2 aliphatic rings. The molecule has 0 unspecified atom stereocenters. The number of hydrogen-bond donors (Lipinski definition) is 1. The minimum Gasteiger partial charge on any atom is -0.384 e. The third kappa shape index (κ3) is 2.68. The fraction of sp³-hybridized carbons (Fsp3) is 0.333. The van der Waals surface area contributed by atoms with Crippen molar-refractivity contribution >= 4 is 34.2 Å². The Morgan fingerprint density at radius 2 is 1.91 bits per heavy atom. The topological polar surface area (TPSA) is 57.8 Å². The number of pyridine rings is 1. The Bertz CT molecular complexity index is 800. The van der Waals surface area contributed by atoms with Crippen molar-refractivity contribution in [3.8, 4) is 0 Å². The summed E-state index contributed by atoms with van der Waals surface area (Å²) in [4.78, 5) is 13.6. The number of nitrogens with zero attached hydrogens (tertiary/aromatic N) is 4. The molecular weight excluding hydrogens is 286 g/mol. The van der Waals surface area contributed by atoms with Gasteiger partial charge in [0.2, 0.25) is 0 Å². The second-order valence-electron chi connectivity index (χ2n) is 6.27. The molecule has 0 atom stereocenters. The van der Waals surface area contributed by atoms with Crippen LogP contribution in [-0.4, -0.2) is 55.9 Å². The number of fused-ring (bicyclic) bond motifs is 1. The summed E-state index contributed by atoms with van der Waals surface area (Å²) in [5, 5.41) is 1.17. The number of hydrogen-bond acceptors (Lipinski definition) is 5. The molecule has 0 aliphatic carbocycles. The predicted octanol–water partition coefficient (Wildman–Crippen LogP) is 2.04. The lowest BCUT2D eigenvalue weighted by Gasteiger charge is -2.34. The van der Waals surface area contributed by atoms with Crippen molar-refractivity contribution in [2.75, 3.05) is 50.4 Å². The Labute approximate surface area is 136 Å². The van der Waals surface area contributed by atoms with Crippen LogP contribution in [0.2, 0.25) is 0 Å². The number of nitrogen functional groups attached to an aromatic ring is 1. The molecule has 1 fully saturated rings. The number of piperazine rings is 1. The number of benzene rings is 1. The summed E-state index contributed by atoms with van der Waals surface area (Å²) in [7, 11) is 2.17. The molecular formula is C18H21N5. The number of anilines is 2. The van der Waals surface area contributed by atoms with E-state index in [4.69, 9.17) is 5.73 Å². The van der Waals surface area contributed by atoms with Crippen molar-refractivity contribution in [2.24, 2.45) is 4.99 Å². The molecule has 23 heavy (non-hydrogen) atoms. The quantitative estimate of drug-likeness (QED) is 0.922. The minimum absolute atomic E-state index is 0.584. The lowest BCUT2D eigenvalue weighted by Crippen LogP contribution is -2.44. The number of rotatable bonds is 2. The highest BCUT2D eigenvalue weighted by Gasteiger charge is 2.18. The molecule has 3 heterocycles. The smallest absolute Gasteiger partial charge is 0.126 e. The molecule has 1 aromatic heterocycles. The zero-order valence-electron chi connectivity index (χ0n) is 13.4. The van der Waals surface area contributed by atoms with Gasteiger partial charge in [0.05, 0.1) is 12.1 Å². The Balaban J connectivity index is 1.76. The third-order valence-corrected chi connectivity index (χ3v) is 4.67. The van der Waals surface area contributed by atoms with Crippen LogP contribution in [0.25, 0.3) is 16.5 Å². The van der Waals surface area contributed by atoms with Crippen LogP contribution in [0.3, 0.4) is 0 Å². The largest absolute Gasteiger partial charge is 0.384 e. The van der Waals surface area contributed by atoms with E-state index in [9.17, 15) is 0 Å². The maximum absolute atomic E-state index is 6.07. The summed E-state index contributed by atoms with van der Waals surface area (Å²) in [6, 6.07) is 8.47. The molecule has 0 spiro atoms. The van der Waals surface area contributed by atoms with E-state index in [1.165, 1.54) is 22.2 Å². The zero-order valence-corrected chi connectivity index (χ0v) is 13.4. The van der Waals surface area contributed by atoms with E-state index in [1.54, 1.807) is 0 Å². The van der Waals surface area contributed by atoms with Gasteiger partial charge in [0.1, 0.15) is 5.82 Å². The van der Waals surface area contributed by atoms with Gasteiger partial charge in [-0.15, -0.1) is 0 Å². The average Bonchev–Trinajstić information content (AvgIpc) is 3.09. The normalized spacial score (nSPS) is 18.7. The highest BCUT2D eigenvalue weighted by molar-refractivity contribution is 5.97. The fourth-order valence-electron chi connectivity index (χ4n) is 3.27. The van der Waals surface area contributed by atoms with E-state index in [-0.39, 0.29) is 0 Å². The van der Waals surface area contributed by atoms with Crippen LogP contribution in [-0.2, 0) is 0 Å². The Kier molecular flexibility index (Phi) is 3.50. The van der Waals surface area contributed by atoms with Gasteiger partial charge in [-0.2, -0.15) is 0 Å². The summed E-state index contributed by atoms with van der Waals surface area (Å²) in [5.41, 5.74) is 10.6. The first-order valence-electron chi connectivity index (χ1n) is 8.04. The van der Waals surface area contributed by atoms with Crippen molar-refractivity contribution < 1.29 is 0 Å². The zero-order chi connectivity index (χ0) is 15.8. The van der Waals surface area contributed by atoms with Gasteiger partial charge in [0, 0.05) is 49.5 Å². The summed E-state index contributed by atoms with van der Waals surface area (Å²) in [5.74, 6) is 0.584. The van der Waals surface area contributed by atoms with Gasteiger partial charge in [0.15, 0.2) is 0 Å². The van der Waals surface area contributed by atoms with Crippen LogP contribution in [0.1, 0.15) is 5.56 Å². The van der Waals surface area contributed by atoms with Crippen LogP contribution < -0.4 is 10.6 Å². The molecule has 0 bridgehead atoms. The molecule has 118 valence electrons. The summed E-state index contributed by atoms with van der Waals surface area (Å²) in [6.45, 7) is 4.95. The van der Waals surface area contributed by atoms with Crippen LogP contribution >= 0.6 is 0 Å². The molecule has 2 N–H and O–H groups in total. The molecule has 0 amide bonds. The minimum atomic E-state index is 0.584. The van der Waals surface area contributed by atoms with Crippen molar-refractivity contribution in [3.63, 3.8) is 0 Å². The van der Waals surface area contributed by atoms with Gasteiger partial charge in [-0.1, -0.05) is 12.1 Å². The highest BCUT2D eigenvalue weighted by Crippen LogP contribution is 2.31. The number of aliphatic imine (C=N–C) groups is 1. The van der Waals surface area contributed by atoms with Gasteiger partial charge < -0.3 is 15.5 Å². The predicted molar refractivity (Wildman–Crippen MR) is 97.2 cm³/mol. The summed E-state index contributed by atoms with van der Waals surface area (Å²) < 4.78 is 0. The van der Waals surface area contributed by atoms with Crippen LogP contribution in [0, 0.1) is 0 Å². The standard InChI is InChI=1S/C18H21N5/c1-22-6-8-23(9-7-22)17-11-18(19)21-16-10-13(2-3-15(16)17)14-4-5-20-12-14/h2-5,10-11H,6-9,12H2,1H3,(H2,19,21). The van der Waals surface area contributed by atoms with Gasteiger partial charge in [-0.05, 0) is 30.3 Å². The second-order valence-corrected chi connectivity index (χ2v) is 6.27. The van der Waals surface area contributed by atoms with Crippen molar-refractivity contribution in [2.45, 2.75) is 0 Å². The summed E-state index contributed by atoms with van der Waals surface area (Å²) in [6.07, 6.45) is 3.93. The van der Waals surface area contributed by atoms with E-state index in [0.29, 0.717) is 5.82 Å². The number of allylic oxidation sites excluding steroid dienone is 1. The highest BCUT2D eigenvalue weighted by atomic mass is 15.2. The molecule has 2 aliphatic heterocycles. The van der Waals surface area contributed by atoms with Crippen LogP contribution in [0.15, 0.2) is 35.3 Å². The fourth-order valence-corrected chi connectivity index (χ4v) is 3.27. The maximum atomic E-state index is 6.07. The maximum Gasteiger partial charge on any atom is 0.126 e.